The van der Waals surface area contributed by atoms with Gasteiger partial charge in [-0.3, -0.25) is 9.59 Å². The van der Waals surface area contributed by atoms with Crippen molar-refractivity contribution in [2.24, 2.45) is 0 Å². The zero-order valence-corrected chi connectivity index (χ0v) is 15.9. The quantitative estimate of drug-likeness (QED) is 0.640. The summed E-state index contributed by atoms with van der Waals surface area (Å²) < 4.78 is 21.6. The molecule has 6 nitrogen and oxygen atoms in total. The Morgan fingerprint density at radius 1 is 1.10 bits per heavy atom. The Bertz CT molecular complexity index is 1210. The van der Waals surface area contributed by atoms with Crippen LogP contribution in [0.2, 0.25) is 5.02 Å². The molecule has 5 rings (SSSR count). The maximum absolute atomic E-state index is 13.7. The van der Waals surface area contributed by atoms with Crippen LogP contribution < -0.4 is 0 Å². The molecule has 146 valence electrons. The van der Waals surface area contributed by atoms with Gasteiger partial charge in [0.1, 0.15) is 23.7 Å². The van der Waals surface area contributed by atoms with Crippen molar-refractivity contribution < 1.29 is 18.7 Å². The molecule has 0 atom stereocenters. The fraction of sp³-hybridized carbons (Fsp3) is 0.238. The number of benzene rings is 1. The normalized spacial score (nSPS) is 18.7. The number of carbonyl (C=O) groups excluding carboxylic acids is 2. The number of halogens is 2. The molecule has 3 heterocycles. The summed E-state index contributed by atoms with van der Waals surface area (Å²) in [7, 11) is 0. The van der Waals surface area contributed by atoms with Gasteiger partial charge in [0.25, 0.3) is 0 Å². The van der Waals surface area contributed by atoms with Crippen LogP contribution in [0.5, 0.6) is 0 Å². The van der Waals surface area contributed by atoms with E-state index in [1.165, 1.54) is 24.5 Å². The second-order valence-electron chi connectivity index (χ2n) is 7.28. The number of Topliss-reactive ketones (excluding diaryl/α,β-unsaturated/α-hetero) is 2. The summed E-state index contributed by atoms with van der Waals surface area (Å²) in [6.07, 6.45) is 4.37. The van der Waals surface area contributed by atoms with E-state index in [-0.39, 0.29) is 16.6 Å². The molecule has 1 aromatic carbocycles. The predicted molar refractivity (Wildman–Crippen MR) is 104 cm³/mol. The minimum Gasteiger partial charge on any atom is -0.478 e. The molecule has 0 bridgehead atoms. The van der Waals surface area contributed by atoms with E-state index in [9.17, 15) is 14.0 Å². The van der Waals surface area contributed by atoms with Gasteiger partial charge in [0.2, 0.25) is 5.78 Å². The van der Waals surface area contributed by atoms with E-state index in [1.807, 2.05) is 0 Å². The maximum Gasteiger partial charge on any atom is 0.210 e. The van der Waals surface area contributed by atoms with Crippen molar-refractivity contribution in [2.75, 3.05) is 0 Å². The number of nitrogens with zero attached hydrogens (tertiary/aromatic N) is 3. The first-order chi connectivity index (χ1) is 14.0. The first-order valence-electron chi connectivity index (χ1n) is 9.22. The molecule has 0 N–H and O–H groups in total. The van der Waals surface area contributed by atoms with Crippen molar-refractivity contribution in [1.82, 2.24) is 14.6 Å². The van der Waals surface area contributed by atoms with Crippen LogP contribution >= 0.6 is 11.6 Å². The van der Waals surface area contributed by atoms with Crippen LogP contribution in [0, 0.1) is 5.82 Å². The van der Waals surface area contributed by atoms with Crippen molar-refractivity contribution in [3.05, 3.63) is 64.8 Å². The summed E-state index contributed by atoms with van der Waals surface area (Å²) in [6.45, 7) is 0. The van der Waals surface area contributed by atoms with Gasteiger partial charge in [-0.15, -0.1) is 0 Å². The Morgan fingerprint density at radius 2 is 1.86 bits per heavy atom. The summed E-state index contributed by atoms with van der Waals surface area (Å²) in [5.41, 5.74) is 1.02. The number of ketones is 2. The number of aromatic nitrogens is 3. The van der Waals surface area contributed by atoms with Crippen LogP contribution in [0.4, 0.5) is 4.39 Å². The van der Waals surface area contributed by atoms with Gasteiger partial charge in [0.05, 0.1) is 10.6 Å². The van der Waals surface area contributed by atoms with Crippen molar-refractivity contribution in [2.45, 2.75) is 31.3 Å². The van der Waals surface area contributed by atoms with Crippen LogP contribution in [0.15, 0.2) is 42.9 Å². The van der Waals surface area contributed by atoms with Gasteiger partial charge in [-0.05, 0) is 29.8 Å². The molecular formula is C21H15ClFN3O3. The monoisotopic (exact) mass is 411 g/mol. The fourth-order valence-corrected chi connectivity index (χ4v) is 4.13. The predicted octanol–water partition coefficient (Wildman–Crippen LogP) is 3.87. The highest BCUT2D eigenvalue weighted by Gasteiger charge is 2.51. The number of ether oxygens (including phenoxy) is 1. The van der Waals surface area contributed by atoms with Gasteiger partial charge in [-0.1, -0.05) is 17.7 Å². The van der Waals surface area contributed by atoms with Gasteiger partial charge < -0.3 is 4.74 Å². The van der Waals surface area contributed by atoms with E-state index in [0.29, 0.717) is 53.8 Å². The molecule has 2 aromatic heterocycles. The number of fused-ring (bicyclic) bond motifs is 1. The molecule has 1 aliphatic heterocycles. The van der Waals surface area contributed by atoms with E-state index in [4.69, 9.17) is 16.3 Å². The van der Waals surface area contributed by atoms with Gasteiger partial charge >= 0.3 is 0 Å². The summed E-state index contributed by atoms with van der Waals surface area (Å²) in [5.74, 6) is -0.271. The SMILES string of the molecule is O=C1CCC2(CC1)OC(c1ccc3ncnn3c1)=C(c1ccc(F)c(Cl)c1)C2=O. The van der Waals surface area contributed by atoms with E-state index in [0.717, 1.165) is 0 Å². The smallest absolute Gasteiger partial charge is 0.210 e. The van der Waals surface area contributed by atoms with Crippen LogP contribution in [0.1, 0.15) is 36.8 Å². The number of rotatable bonds is 2. The lowest BCUT2D eigenvalue weighted by Gasteiger charge is -2.31. The fourth-order valence-electron chi connectivity index (χ4n) is 3.95. The van der Waals surface area contributed by atoms with E-state index in [2.05, 4.69) is 10.1 Å². The second-order valence-corrected chi connectivity index (χ2v) is 7.68. The summed E-state index contributed by atoms with van der Waals surface area (Å²) in [5, 5.41) is 4.06. The largest absolute Gasteiger partial charge is 0.478 e. The summed E-state index contributed by atoms with van der Waals surface area (Å²) in [4.78, 5) is 29.4. The van der Waals surface area contributed by atoms with E-state index in [1.54, 1.807) is 22.8 Å². The van der Waals surface area contributed by atoms with Crippen molar-refractivity contribution in [3.8, 4) is 0 Å². The molecular weight excluding hydrogens is 397 g/mol. The Balaban J connectivity index is 1.68. The van der Waals surface area contributed by atoms with Crippen molar-refractivity contribution in [3.63, 3.8) is 0 Å². The summed E-state index contributed by atoms with van der Waals surface area (Å²) in [6, 6.07) is 7.73. The van der Waals surface area contributed by atoms with Crippen LogP contribution in [-0.4, -0.2) is 31.8 Å². The van der Waals surface area contributed by atoms with Gasteiger partial charge in [-0.2, -0.15) is 5.10 Å². The number of hydrogen-bond acceptors (Lipinski definition) is 5. The summed E-state index contributed by atoms with van der Waals surface area (Å²) >= 11 is 5.98. The molecule has 2 aliphatic rings. The lowest BCUT2D eigenvalue weighted by atomic mass is 9.79. The van der Waals surface area contributed by atoms with Crippen molar-refractivity contribution in [1.29, 1.82) is 0 Å². The van der Waals surface area contributed by atoms with Crippen LogP contribution in [-0.2, 0) is 14.3 Å². The molecule has 1 spiro atoms. The average Bonchev–Trinajstić information content (AvgIpc) is 3.29. The highest BCUT2D eigenvalue weighted by atomic mass is 35.5. The maximum atomic E-state index is 13.7. The lowest BCUT2D eigenvalue weighted by Crippen LogP contribution is -2.41. The topological polar surface area (TPSA) is 73.6 Å². The van der Waals surface area contributed by atoms with Gasteiger partial charge in [0, 0.05) is 37.4 Å². The third-order valence-electron chi connectivity index (χ3n) is 5.53. The molecule has 8 heteroatoms. The highest BCUT2D eigenvalue weighted by molar-refractivity contribution is 6.34. The average molecular weight is 412 g/mol. The molecule has 0 saturated heterocycles. The Labute approximate surface area is 170 Å². The van der Waals surface area contributed by atoms with Crippen LogP contribution in [0.3, 0.4) is 0 Å². The van der Waals surface area contributed by atoms with Gasteiger partial charge in [0.15, 0.2) is 11.2 Å². The molecule has 0 unspecified atom stereocenters. The Hall–Kier alpha value is -3.06. The lowest BCUT2D eigenvalue weighted by molar-refractivity contribution is -0.135. The van der Waals surface area contributed by atoms with E-state index >= 15 is 0 Å². The zero-order chi connectivity index (χ0) is 20.2. The number of hydrogen-bond donors (Lipinski definition) is 0. The van der Waals surface area contributed by atoms with Crippen molar-refractivity contribution >= 4 is 40.1 Å². The second kappa shape index (κ2) is 6.49. The first kappa shape index (κ1) is 18.0. The molecule has 3 aromatic rings. The molecule has 0 radical (unpaired) electrons. The van der Waals surface area contributed by atoms with Crippen LogP contribution in [0.25, 0.3) is 17.0 Å². The third kappa shape index (κ3) is 2.84. The minimum atomic E-state index is -1.09. The standard InChI is InChI=1S/C21H15ClFN3O3/c22-15-9-12(1-3-16(15)23)18-19(13-2-4-17-24-11-25-26(17)10-13)29-21(20(18)28)7-5-14(27)6-8-21/h1-4,9-11H,5-8H2. The highest BCUT2D eigenvalue weighted by Crippen LogP contribution is 2.47. The number of pyridine rings is 1. The molecule has 1 fully saturated rings. The zero-order valence-electron chi connectivity index (χ0n) is 15.2. The van der Waals surface area contributed by atoms with E-state index < -0.39 is 11.4 Å². The molecule has 1 saturated carbocycles. The Kier molecular flexibility index (Phi) is 4.03. The third-order valence-corrected chi connectivity index (χ3v) is 5.81. The molecule has 29 heavy (non-hydrogen) atoms. The minimum absolute atomic E-state index is 0.0753. The molecule has 0 amide bonds. The van der Waals surface area contributed by atoms with Gasteiger partial charge in [-0.25, -0.2) is 13.9 Å². The first-order valence-corrected chi connectivity index (χ1v) is 9.60. The Morgan fingerprint density at radius 3 is 2.62 bits per heavy atom. The number of carbonyl (C=O) groups is 2. The molecule has 1 aliphatic carbocycles.